The fourth-order valence-corrected chi connectivity index (χ4v) is 3.83. The normalized spacial score (nSPS) is 13.3. The minimum absolute atomic E-state index is 0.0199. The molecule has 0 aliphatic carbocycles. The molecule has 1 N–H and O–H groups in total. The van der Waals surface area contributed by atoms with Crippen LogP contribution >= 0.6 is 23.2 Å². The van der Waals surface area contributed by atoms with Crippen LogP contribution in [0.5, 0.6) is 0 Å². The van der Waals surface area contributed by atoms with Gasteiger partial charge in [0.05, 0.1) is 11.6 Å². The highest BCUT2D eigenvalue weighted by Crippen LogP contribution is 2.24. The third-order valence-electron chi connectivity index (χ3n) is 5.36. The molecule has 16 heteroatoms. The highest BCUT2D eigenvalue weighted by atomic mass is 35.5. The number of esters is 1. The Morgan fingerprint density at radius 1 is 1.10 bits per heavy atom. The van der Waals surface area contributed by atoms with Gasteiger partial charge in [0, 0.05) is 23.7 Å². The van der Waals surface area contributed by atoms with Gasteiger partial charge in [0.1, 0.15) is 6.54 Å². The molecule has 3 heterocycles. The van der Waals surface area contributed by atoms with Gasteiger partial charge in [-0.25, -0.2) is 19.4 Å². The molecular formula is C23H20Cl2F3N7O4. The fourth-order valence-electron chi connectivity index (χ4n) is 3.59. The number of hydrogen-bond donors (Lipinski definition) is 1. The topological polar surface area (TPSA) is 130 Å². The highest BCUT2D eigenvalue weighted by Gasteiger charge is 2.39. The van der Waals surface area contributed by atoms with Crippen LogP contribution in [0.1, 0.15) is 31.6 Å². The Kier molecular flexibility index (Phi) is 8.09. The Balaban J connectivity index is 1.77. The zero-order chi connectivity index (χ0) is 28.5. The Hall–Kier alpha value is -3.75. The molecule has 4 aromatic rings. The van der Waals surface area contributed by atoms with Gasteiger partial charge in [-0.2, -0.15) is 17.9 Å². The molecule has 3 aromatic heterocycles. The number of aliphatic hydroxyl groups is 1. The van der Waals surface area contributed by atoms with Gasteiger partial charge in [-0.1, -0.05) is 23.2 Å². The van der Waals surface area contributed by atoms with E-state index >= 15 is 0 Å². The smallest absolute Gasteiger partial charge is 0.416 e. The lowest BCUT2D eigenvalue weighted by Gasteiger charge is -2.15. The minimum Gasteiger partial charge on any atom is -0.455 e. The molecule has 0 bridgehead atoms. The molecule has 0 radical (unpaired) electrons. The maximum absolute atomic E-state index is 13.2. The van der Waals surface area contributed by atoms with Gasteiger partial charge in [-0.05, 0) is 43.3 Å². The van der Waals surface area contributed by atoms with Crippen LogP contribution in [0.2, 0.25) is 10.0 Å². The number of benzene rings is 1. The molecule has 1 aromatic carbocycles. The molecular weight excluding hydrogens is 566 g/mol. The van der Waals surface area contributed by atoms with E-state index in [1.165, 1.54) is 42.1 Å². The lowest BCUT2D eigenvalue weighted by molar-refractivity contribution is -0.207. The predicted octanol–water partition coefficient (Wildman–Crippen LogP) is 3.59. The summed E-state index contributed by atoms with van der Waals surface area (Å²) in [5, 5.41) is 18.9. The first-order valence-corrected chi connectivity index (χ1v) is 12.0. The molecule has 0 unspecified atom stereocenters. The first-order valence-electron chi connectivity index (χ1n) is 11.3. The van der Waals surface area contributed by atoms with Crippen molar-refractivity contribution in [3.63, 3.8) is 0 Å². The molecule has 0 fully saturated rings. The summed E-state index contributed by atoms with van der Waals surface area (Å²) in [6, 6.07) is 9.02. The number of carbonyl (C=O) groups excluding carboxylic acids is 1. The van der Waals surface area contributed by atoms with Crippen molar-refractivity contribution in [1.82, 2.24) is 34.1 Å². The number of halogens is 5. The van der Waals surface area contributed by atoms with Gasteiger partial charge in [-0.15, -0.1) is 10.2 Å². The Labute approximate surface area is 228 Å². The van der Waals surface area contributed by atoms with Gasteiger partial charge < -0.3 is 9.84 Å². The number of nitrogens with zero attached hydrogens (tertiary/aromatic N) is 7. The molecule has 206 valence electrons. The number of hydrogen-bond acceptors (Lipinski definition) is 8. The highest BCUT2D eigenvalue weighted by molar-refractivity contribution is 6.30. The monoisotopic (exact) mass is 585 g/mol. The summed E-state index contributed by atoms with van der Waals surface area (Å²) in [4.78, 5) is 33.3. The van der Waals surface area contributed by atoms with Crippen LogP contribution in [0.4, 0.5) is 13.2 Å². The number of rotatable bonds is 8. The van der Waals surface area contributed by atoms with Crippen LogP contribution in [-0.2, 0) is 22.6 Å². The van der Waals surface area contributed by atoms with Crippen LogP contribution in [0, 0.1) is 0 Å². The van der Waals surface area contributed by atoms with Crippen LogP contribution in [0.25, 0.3) is 17.2 Å². The van der Waals surface area contributed by atoms with Gasteiger partial charge in [0.25, 0.3) is 0 Å². The standard InChI is InChI=1S/C23H20Cl2F3N7O4/c1-12(39-13(2)36)20-30-18(31-35(20)19-8-7-16(25)9-29-19)11-34-22(38)33(10-17(37)23(26,27)28)21(32-34)14-3-5-15(24)6-4-14/h3-9,12,17,37H,10-11H2,1-2H3/t12-,17-/m0/s1. The number of alkyl halides is 3. The molecule has 0 aliphatic heterocycles. The maximum atomic E-state index is 13.2. The zero-order valence-electron chi connectivity index (χ0n) is 20.3. The summed E-state index contributed by atoms with van der Waals surface area (Å²) in [6.07, 6.45) is -7.29. The molecule has 2 atom stereocenters. The first-order chi connectivity index (χ1) is 18.3. The van der Waals surface area contributed by atoms with E-state index in [4.69, 9.17) is 27.9 Å². The second-order valence-electron chi connectivity index (χ2n) is 8.32. The van der Waals surface area contributed by atoms with Crippen LogP contribution < -0.4 is 5.69 Å². The van der Waals surface area contributed by atoms with Crippen molar-refractivity contribution in [3.05, 3.63) is 74.8 Å². The third-order valence-corrected chi connectivity index (χ3v) is 5.84. The van der Waals surface area contributed by atoms with E-state index in [2.05, 4.69) is 20.2 Å². The van der Waals surface area contributed by atoms with E-state index in [0.29, 0.717) is 14.6 Å². The second kappa shape index (κ2) is 11.2. The van der Waals surface area contributed by atoms with E-state index in [9.17, 15) is 27.9 Å². The quantitative estimate of drug-likeness (QED) is 0.310. The lowest BCUT2D eigenvalue weighted by Crippen LogP contribution is -2.37. The summed E-state index contributed by atoms with van der Waals surface area (Å²) in [6.45, 7) is 1.32. The lowest BCUT2D eigenvalue weighted by atomic mass is 10.2. The van der Waals surface area contributed by atoms with Crippen molar-refractivity contribution in [3.8, 4) is 17.2 Å². The van der Waals surface area contributed by atoms with Crippen molar-refractivity contribution >= 4 is 29.2 Å². The van der Waals surface area contributed by atoms with Crippen molar-refractivity contribution in [1.29, 1.82) is 0 Å². The Morgan fingerprint density at radius 3 is 2.36 bits per heavy atom. The first kappa shape index (κ1) is 28.3. The van der Waals surface area contributed by atoms with E-state index in [1.54, 1.807) is 19.1 Å². The van der Waals surface area contributed by atoms with Crippen LogP contribution in [0.3, 0.4) is 0 Å². The molecule has 0 aliphatic rings. The maximum Gasteiger partial charge on any atom is 0.416 e. The SMILES string of the molecule is CC(=O)O[C@@H](C)c1nc(Cn2nc(-c3ccc(Cl)cc3)n(C[C@H](O)C(F)(F)F)c2=O)nn1-c1ccc(Cl)cn1. The van der Waals surface area contributed by atoms with E-state index in [0.717, 1.165) is 4.68 Å². The second-order valence-corrected chi connectivity index (χ2v) is 9.20. The number of carbonyl (C=O) groups is 1. The summed E-state index contributed by atoms with van der Waals surface area (Å²) in [7, 11) is 0. The molecule has 0 spiro atoms. The predicted molar refractivity (Wildman–Crippen MR) is 132 cm³/mol. The number of aromatic nitrogens is 7. The van der Waals surface area contributed by atoms with Gasteiger partial charge in [-0.3, -0.25) is 9.36 Å². The van der Waals surface area contributed by atoms with Crippen LogP contribution in [-0.4, -0.2) is 57.5 Å². The number of aliphatic hydroxyl groups excluding tert-OH is 1. The van der Waals surface area contributed by atoms with E-state index in [1.807, 2.05) is 0 Å². The minimum atomic E-state index is -4.97. The number of ether oxygens (including phenoxy) is 1. The fraction of sp³-hybridized carbons (Fsp3) is 0.304. The summed E-state index contributed by atoms with van der Waals surface area (Å²) in [5.74, 6) is -0.250. The average molecular weight is 586 g/mol. The van der Waals surface area contributed by atoms with Crippen LogP contribution in [0.15, 0.2) is 47.4 Å². The largest absolute Gasteiger partial charge is 0.455 e. The summed E-state index contributed by atoms with van der Waals surface area (Å²) < 4.78 is 47.5. The Morgan fingerprint density at radius 2 is 1.77 bits per heavy atom. The van der Waals surface area contributed by atoms with Gasteiger partial charge >= 0.3 is 17.8 Å². The van der Waals surface area contributed by atoms with Gasteiger partial charge in [0.15, 0.2) is 35.5 Å². The average Bonchev–Trinajstić information content (AvgIpc) is 3.41. The third kappa shape index (κ3) is 6.46. The molecule has 0 amide bonds. The van der Waals surface area contributed by atoms with Crippen molar-refractivity contribution < 1.29 is 27.8 Å². The van der Waals surface area contributed by atoms with E-state index in [-0.39, 0.29) is 35.4 Å². The van der Waals surface area contributed by atoms with E-state index < -0.39 is 36.6 Å². The molecule has 11 nitrogen and oxygen atoms in total. The van der Waals surface area contributed by atoms with Crippen molar-refractivity contribution in [2.24, 2.45) is 0 Å². The van der Waals surface area contributed by atoms with Crippen molar-refractivity contribution in [2.45, 2.75) is 45.3 Å². The summed E-state index contributed by atoms with van der Waals surface area (Å²) >= 11 is 11.8. The van der Waals surface area contributed by atoms with Crippen molar-refractivity contribution in [2.75, 3.05) is 0 Å². The number of pyridine rings is 1. The molecule has 0 saturated carbocycles. The molecule has 0 saturated heterocycles. The summed E-state index contributed by atoms with van der Waals surface area (Å²) in [5.41, 5.74) is -0.656. The molecule has 4 rings (SSSR count). The van der Waals surface area contributed by atoms with Gasteiger partial charge in [0.2, 0.25) is 0 Å². The molecule has 39 heavy (non-hydrogen) atoms. The Bertz CT molecular complexity index is 1530. The zero-order valence-corrected chi connectivity index (χ0v) is 21.8.